The molecule has 2 rings (SSSR count). The Kier molecular flexibility index (Phi) is 5.19. The smallest absolute Gasteiger partial charge is 0.0340 e. The molecule has 0 aromatic heterocycles. The summed E-state index contributed by atoms with van der Waals surface area (Å²) >= 11 is 0. The third kappa shape index (κ3) is 4.39. The van der Waals surface area contributed by atoms with Crippen LogP contribution >= 0.6 is 0 Å². The first kappa shape index (κ1) is 14.6. The van der Waals surface area contributed by atoms with Crippen LogP contribution in [0.15, 0.2) is 48.5 Å². The molecule has 0 saturated carbocycles. The summed E-state index contributed by atoms with van der Waals surface area (Å²) in [6.45, 7) is 4.21. The second-order valence-corrected chi connectivity index (χ2v) is 5.43. The molecular formula is C18H24N2. The van der Waals surface area contributed by atoms with Gasteiger partial charge in [-0.15, -0.1) is 0 Å². The van der Waals surface area contributed by atoms with Crippen molar-refractivity contribution in [2.75, 3.05) is 26.0 Å². The molecule has 0 aliphatic heterocycles. The maximum absolute atomic E-state index is 3.19. The van der Waals surface area contributed by atoms with E-state index in [0.29, 0.717) is 0 Å². The summed E-state index contributed by atoms with van der Waals surface area (Å²) in [4.78, 5) is 2.37. The number of hydrogen-bond acceptors (Lipinski definition) is 2. The minimum absolute atomic E-state index is 0.987. The van der Waals surface area contributed by atoms with Gasteiger partial charge in [-0.3, -0.25) is 0 Å². The van der Waals surface area contributed by atoms with Gasteiger partial charge in [0.1, 0.15) is 0 Å². The molecule has 2 nitrogen and oxygen atoms in total. The number of aryl methyl sites for hydroxylation is 1. The van der Waals surface area contributed by atoms with Crippen LogP contribution in [0, 0.1) is 6.92 Å². The zero-order valence-corrected chi connectivity index (χ0v) is 12.7. The lowest BCUT2D eigenvalue weighted by atomic mass is 10.1. The van der Waals surface area contributed by atoms with Gasteiger partial charge in [-0.1, -0.05) is 42.0 Å². The van der Waals surface area contributed by atoms with Crippen molar-refractivity contribution in [1.29, 1.82) is 0 Å². The fourth-order valence-electron chi connectivity index (χ4n) is 2.40. The highest BCUT2D eigenvalue weighted by Crippen LogP contribution is 2.12. The Balaban J connectivity index is 1.87. The van der Waals surface area contributed by atoms with E-state index in [1.165, 1.54) is 22.4 Å². The van der Waals surface area contributed by atoms with Crippen LogP contribution in [0.4, 0.5) is 5.69 Å². The number of likely N-dealkylation sites (N-methyl/N-ethyl adjacent to an activating group) is 1. The number of hydrogen-bond donors (Lipinski definition) is 1. The molecule has 20 heavy (non-hydrogen) atoms. The van der Waals surface area contributed by atoms with Gasteiger partial charge in [0.2, 0.25) is 0 Å². The van der Waals surface area contributed by atoms with Gasteiger partial charge in [-0.25, -0.2) is 0 Å². The van der Waals surface area contributed by atoms with Gasteiger partial charge in [0, 0.05) is 25.8 Å². The largest absolute Gasteiger partial charge is 0.388 e. The average Bonchev–Trinajstić information content (AvgIpc) is 2.45. The standard InChI is InChI=1S/C18H24N2/c1-15-6-4-7-16(12-15)10-11-20(3)14-17-8-5-9-18(13-17)19-2/h4-9,12-13,19H,10-11,14H2,1-3H3. The van der Waals surface area contributed by atoms with Gasteiger partial charge >= 0.3 is 0 Å². The van der Waals surface area contributed by atoms with Crippen molar-refractivity contribution in [3.8, 4) is 0 Å². The summed E-state index contributed by atoms with van der Waals surface area (Å²) in [5.74, 6) is 0. The van der Waals surface area contributed by atoms with E-state index >= 15 is 0 Å². The third-order valence-corrected chi connectivity index (χ3v) is 3.53. The maximum Gasteiger partial charge on any atom is 0.0340 e. The molecule has 106 valence electrons. The predicted molar refractivity (Wildman–Crippen MR) is 87.2 cm³/mol. The van der Waals surface area contributed by atoms with Crippen LogP contribution in [0.25, 0.3) is 0 Å². The maximum atomic E-state index is 3.19. The van der Waals surface area contributed by atoms with Crippen LogP contribution in [0.2, 0.25) is 0 Å². The quantitative estimate of drug-likeness (QED) is 0.859. The van der Waals surface area contributed by atoms with E-state index in [-0.39, 0.29) is 0 Å². The van der Waals surface area contributed by atoms with Gasteiger partial charge < -0.3 is 10.2 Å². The number of rotatable bonds is 6. The molecule has 2 aromatic carbocycles. The fraction of sp³-hybridized carbons (Fsp3) is 0.333. The lowest BCUT2D eigenvalue weighted by Crippen LogP contribution is -2.20. The van der Waals surface area contributed by atoms with E-state index in [9.17, 15) is 0 Å². The number of nitrogens with zero attached hydrogens (tertiary/aromatic N) is 1. The van der Waals surface area contributed by atoms with Crippen LogP contribution in [-0.4, -0.2) is 25.5 Å². The van der Waals surface area contributed by atoms with Crippen LogP contribution in [0.3, 0.4) is 0 Å². The van der Waals surface area contributed by atoms with Crippen LogP contribution < -0.4 is 5.32 Å². The Morgan fingerprint density at radius 1 is 1.00 bits per heavy atom. The highest BCUT2D eigenvalue weighted by Gasteiger charge is 2.02. The molecule has 0 unspecified atom stereocenters. The van der Waals surface area contributed by atoms with Crippen molar-refractivity contribution in [3.05, 3.63) is 65.2 Å². The van der Waals surface area contributed by atoms with Crippen molar-refractivity contribution >= 4 is 5.69 Å². The summed E-state index contributed by atoms with van der Waals surface area (Å²) in [6.07, 6.45) is 1.10. The Morgan fingerprint density at radius 3 is 2.50 bits per heavy atom. The number of nitrogens with one attached hydrogen (secondary N) is 1. The van der Waals surface area contributed by atoms with E-state index in [1.54, 1.807) is 0 Å². The molecule has 0 spiro atoms. The van der Waals surface area contributed by atoms with E-state index in [0.717, 1.165) is 19.5 Å². The Hall–Kier alpha value is -1.80. The lowest BCUT2D eigenvalue weighted by molar-refractivity contribution is 0.331. The van der Waals surface area contributed by atoms with Gasteiger partial charge in [0.25, 0.3) is 0 Å². The molecule has 0 bridgehead atoms. The Bertz CT molecular complexity index is 549. The monoisotopic (exact) mass is 268 g/mol. The second kappa shape index (κ2) is 7.11. The van der Waals surface area contributed by atoms with E-state index in [1.807, 2.05) is 7.05 Å². The molecule has 0 saturated heterocycles. The molecule has 2 aromatic rings. The van der Waals surface area contributed by atoms with Crippen LogP contribution in [0.1, 0.15) is 16.7 Å². The SMILES string of the molecule is CNc1cccc(CN(C)CCc2cccc(C)c2)c1. The molecule has 1 N–H and O–H groups in total. The van der Waals surface area contributed by atoms with Gasteiger partial charge in [-0.05, 0) is 43.7 Å². The summed E-state index contributed by atoms with van der Waals surface area (Å²) in [5.41, 5.74) is 5.28. The van der Waals surface area contributed by atoms with Crippen molar-refractivity contribution < 1.29 is 0 Å². The summed E-state index contributed by atoms with van der Waals surface area (Å²) in [5, 5.41) is 3.19. The van der Waals surface area contributed by atoms with Gasteiger partial charge in [0.05, 0.1) is 0 Å². The Labute approximate surface area is 122 Å². The highest BCUT2D eigenvalue weighted by atomic mass is 15.1. The molecule has 0 aliphatic rings. The first-order valence-corrected chi connectivity index (χ1v) is 7.18. The minimum atomic E-state index is 0.987. The Morgan fingerprint density at radius 2 is 1.75 bits per heavy atom. The summed E-state index contributed by atoms with van der Waals surface area (Å²) in [6, 6.07) is 17.4. The average molecular weight is 268 g/mol. The fourth-order valence-corrected chi connectivity index (χ4v) is 2.40. The molecule has 0 atom stereocenters. The lowest BCUT2D eigenvalue weighted by Gasteiger charge is -2.17. The van der Waals surface area contributed by atoms with Crippen molar-refractivity contribution in [3.63, 3.8) is 0 Å². The zero-order chi connectivity index (χ0) is 14.4. The first-order valence-electron chi connectivity index (χ1n) is 7.18. The van der Waals surface area contributed by atoms with Crippen molar-refractivity contribution in [2.24, 2.45) is 0 Å². The molecule has 0 heterocycles. The summed E-state index contributed by atoms with van der Waals surface area (Å²) < 4.78 is 0. The topological polar surface area (TPSA) is 15.3 Å². The van der Waals surface area contributed by atoms with E-state index < -0.39 is 0 Å². The van der Waals surface area contributed by atoms with Gasteiger partial charge in [0.15, 0.2) is 0 Å². The second-order valence-electron chi connectivity index (χ2n) is 5.43. The third-order valence-electron chi connectivity index (χ3n) is 3.53. The van der Waals surface area contributed by atoms with Crippen LogP contribution in [0.5, 0.6) is 0 Å². The normalized spacial score (nSPS) is 10.8. The van der Waals surface area contributed by atoms with Crippen molar-refractivity contribution in [2.45, 2.75) is 19.9 Å². The molecule has 0 fully saturated rings. The number of benzene rings is 2. The summed E-state index contributed by atoms with van der Waals surface area (Å²) in [7, 11) is 4.14. The van der Waals surface area contributed by atoms with Crippen LogP contribution in [-0.2, 0) is 13.0 Å². The van der Waals surface area contributed by atoms with E-state index in [2.05, 4.69) is 72.7 Å². The molecule has 0 amide bonds. The molecule has 2 heteroatoms. The molecule has 0 radical (unpaired) electrons. The molecule has 0 aliphatic carbocycles. The minimum Gasteiger partial charge on any atom is -0.388 e. The predicted octanol–water partition coefficient (Wildman–Crippen LogP) is 3.71. The first-order chi connectivity index (χ1) is 9.67. The zero-order valence-electron chi connectivity index (χ0n) is 12.7. The van der Waals surface area contributed by atoms with Gasteiger partial charge in [-0.2, -0.15) is 0 Å². The number of anilines is 1. The van der Waals surface area contributed by atoms with E-state index in [4.69, 9.17) is 0 Å². The highest BCUT2D eigenvalue weighted by molar-refractivity contribution is 5.44. The molecular weight excluding hydrogens is 244 g/mol. The van der Waals surface area contributed by atoms with Crippen molar-refractivity contribution in [1.82, 2.24) is 4.90 Å².